The number of nitrogens with two attached hydrogens (primary N) is 1. The van der Waals surface area contributed by atoms with Gasteiger partial charge in [-0.1, -0.05) is 19.9 Å². The van der Waals surface area contributed by atoms with Gasteiger partial charge in [0.2, 0.25) is 0 Å². The molecule has 3 aromatic rings. The summed E-state index contributed by atoms with van der Waals surface area (Å²) in [5, 5.41) is 8.27. The Bertz CT molecular complexity index is 1160. The second-order valence-electron chi connectivity index (χ2n) is 8.89. The van der Waals surface area contributed by atoms with E-state index in [9.17, 15) is 4.79 Å². The average Bonchev–Trinajstić information content (AvgIpc) is 3.19. The highest BCUT2D eigenvalue weighted by molar-refractivity contribution is 6.10. The lowest BCUT2D eigenvalue weighted by atomic mass is 9.97. The van der Waals surface area contributed by atoms with Crippen LogP contribution in [0, 0.1) is 0 Å². The molecule has 0 aromatic carbocycles. The molecule has 2 aliphatic rings. The van der Waals surface area contributed by atoms with Crippen LogP contribution in [0.2, 0.25) is 0 Å². The van der Waals surface area contributed by atoms with Crippen LogP contribution < -0.4 is 10.6 Å². The molecule has 31 heavy (non-hydrogen) atoms. The van der Waals surface area contributed by atoms with Crippen LogP contribution in [-0.2, 0) is 18.5 Å². The molecule has 0 unspecified atom stereocenters. The van der Waals surface area contributed by atoms with Gasteiger partial charge >= 0.3 is 0 Å². The van der Waals surface area contributed by atoms with Crippen molar-refractivity contribution in [3.63, 3.8) is 0 Å². The zero-order chi connectivity index (χ0) is 21.8. The van der Waals surface area contributed by atoms with E-state index in [4.69, 9.17) is 15.7 Å². The maximum Gasteiger partial charge on any atom is 0.260 e. The molecular formula is C23H27N7O. The topological polar surface area (TPSA) is 103 Å². The van der Waals surface area contributed by atoms with Gasteiger partial charge in [-0.15, -0.1) is 10.2 Å². The van der Waals surface area contributed by atoms with Crippen molar-refractivity contribution in [1.82, 2.24) is 24.7 Å². The summed E-state index contributed by atoms with van der Waals surface area (Å²) in [6.45, 7) is 7.46. The van der Waals surface area contributed by atoms with E-state index in [1.54, 1.807) is 11.2 Å². The van der Waals surface area contributed by atoms with Crippen LogP contribution in [0.4, 0.5) is 5.82 Å². The molecule has 0 bridgehead atoms. The molecule has 8 heteroatoms. The molecule has 1 atom stereocenters. The lowest BCUT2D eigenvalue weighted by Crippen LogP contribution is -2.24. The summed E-state index contributed by atoms with van der Waals surface area (Å²) in [7, 11) is 0. The Kier molecular flexibility index (Phi) is 4.62. The summed E-state index contributed by atoms with van der Waals surface area (Å²) < 4.78 is 1.98. The summed E-state index contributed by atoms with van der Waals surface area (Å²) in [4.78, 5) is 24.8. The molecule has 0 spiro atoms. The molecule has 160 valence electrons. The number of amides is 1. The normalized spacial score (nSPS) is 17.7. The quantitative estimate of drug-likeness (QED) is 0.660. The molecule has 0 radical (unpaired) electrons. The van der Waals surface area contributed by atoms with Crippen molar-refractivity contribution >= 4 is 11.7 Å². The predicted octanol–water partition coefficient (Wildman–Crippen LogP) is 3.38. The van der Waals surface area contributed by atoms with E-state index < -0.39 is 0 Å². The monoisotopic (exact) mass is 417 g/mol. The van der Waals surface area contributed by atoms with Crippen molar-refractivity contribution in [2.45, 2.75) is 64.6 Å². The largest absolute Gasteiger partial charge is 0.323 e. The smallest absolute Gasteiger partial charge is 0.260 e. The summed E-state index contributed by atoms with van der Waals surface area (Å²) in [5.74, 6) is 1.25. The first-order chi connectivity index (χ1) is 14.9. The number of aryl methyl sites for hydroxylation is 1. The summed E-state index contributed by atoms with van der Waals surface area (Å²) >= 11 is 0. The van der Waals surface area contributed by atoms with Crippen LogP contribution in [0.5, 0.6) is 0 Å². The van der Waals surface area contributed by atoms with Crippen LogP contribution in [-0.4, -0.2) is 30.6 Å². The minimum absolute atomic E-state index is 0.0514. The number of hydrogen-bond donors (Lipinski definition) is 1. The summed E-state index contributed by atoms with van der Waals surface area (Å²) in [5.41, 5.74) is 10.4. The first kappa shape index (κ1) is 19.8. The SMILES string of the molecule is CCCn1cnnc1-c1cccc(N2Cc3c(cc(C4(C)CC4)nc3[C@H](C)N)C2=O)n1. The van der Waals surface area contributed by atoms with Crippen molar-refractivity contribution in [2.75, 3.05) is 4.90 Å². The van der Waals surface area contributed by atoms with E-state index in [0.29, 0.717) is 29.4 Å². The van der Waals surface area contributed by atoms with Gasteiger partial charge in [-0.2, -0.15) is 0 Å². The number of aromatic nitrogens is 5. The Balaban J connectivity index is 1.53. The number of nitrogens with zero attached hydrogens (tertiary/aromatic N) is 6. The number of pyridine rings is 2. The van der Waals surface area contributed by atoms with Crippen molar-refractivity contribution in [2.24, 2.45) is 5.73 Å². The Morgan fingerprint density at radius 2 is 2.06 bits per heavy atom. The number of hydrogen-bond acceptors (Lipinski definition) is 6. The highest BCUT2D eigenvalue weighted by atomic mass is 16.2. The molecule has 2 N–H and O–H groups in total. The molecule has 1 amide bonds. The van der Waals surface area contributed by atoms with E-state index in [1.807, 2.05) is 35.8 Å². The van der Waals surface area contributed by atoms with Crippen LogP contribution in [0.1, 0.15) is 73.4 Å². The maximum atomic E-state index is 13.4. The van der Waals surface area contributed by atoms with Crippen LogP contribution in [0.15, 0.2) is 30.6 Å². The van der Waals surface area contributed by atoms with Crippen LogP contribution in [0.25, 0.3) is 11.5 Å². The predicted molar refractivity (Wildman–Crippen MR) is 117 cm³/mol. The fourth-order valence-electron chi connectivity index (χ4n) is 4.19. The molecule has 0 saturated heterocycles. The van der Waals surface area contributed by atoms with Crippen LogP contribution >= 0.6 is 0 Å². The molecule has 1 aliphatic heterocycles. The van der Waals surface area contributed by atoms with Gasteiger partial charge in [0.1, 0.15) is 17.8 Å². The zero-order valence-electron chi connectivity index (χ0n) is 18.2. The summed E-state index contributed by atoms with van der Waals surface area (Å²) in [6.07, 6.45) is 4.87. The zero-order valence-corrected chi connectivity index (χ0v) is 18.2. The second-order valence-corrected chi connectivity index (χ2v) is 8.89. The second kappa shape index (κ2) is 7.23. The Labute approximate surface area is 181 Å². The number of anilines is 1. The first-order valence-corrected chi connectivity index (χ1v) is 10.9. The highest BCUT2D eigenvalue weighted by Gasteiger charge is 2.43. The van der Waals surface area contributed by atoms with Gasteiger partial charge in [-0.05, 0) is 44.4 Å². The van der Waals surface area contributed by atoms with E-state index in [-0.39, 0.29) is 17.4 Å². The maximum absolute atomic E-state index is 13.4. The molecule has 1 fully saturated rings. The standard InChI is InChI=1S/C23H27N7O/c1-4-10-29-13-25-28-21(29)17-6-5-7-19(26-17)30-12-16-15(22(30)31)11-18(23(3)8-9-23)27-20(16)14(2)24/h5-7,11,13-14H,4,8-10,12,24H2,1-3H3/t14-/m0/s1. The van der Waals surface area contributed by atoms with Gasteiger partial charge < -0.3 is 10.3 Å². The molecule has 3 aromatic heterocycles. The number of carbonyl (C=O) groups excluding carboxylic acids is 1. The third-order valence-electron chi connectivity index (χ3n) is 6.32. The van der Waals surface area contributed by atoms with Gasteiger partial charge in [0.25, 0.3) is 5.91 Å². The highest BCUT2D eigenvalue weighted by Crippen LogP contribution is 2.48. The Morgan fingerprint density at radius 1 is 1.26 bits per heavy atom. The van der Waals surface area contributed by atoms with Gasteiger partial charge in [0, 0.05) is 34.8 Å². The van der Waals surface area contributed by atoms with Gasteiger partial charge in [-0.3, -0.25) is 14.7 Å². The fraction of sp³-hybridized carbons (Fsp3) is 0.435. The van der Waals surface area contributed by atoms with Crippen LogP contribution in [0.3, 0.4) is 0 Å². The lowest BCUT2D eigenvalue weighted by Gasteiger charge is -2.16. The van der Waals surface area contributed by atoms with Gasteiger partial charge in [-0.25, -0.2) is 4.98 Å². The minimum Gasteiger partial charge on any atom is -0.323 e. The third-order valence-corrected chi connectivity index (χ3v) is 6.32. The fourth-order valence-corrected chi connectivity index (χ4v) is 4.19. The Morgan fingerprint density at radius 3 is 2.77 bits per heavy atom. The molecule has 1 saturated carbocycles. The van der Waals surface area contributed by atoms with E-state index in [1.165, 1.54) is 0 Å². The number of carbonyl (C=O) groups is 1. The van der Waals surface area contributed by atoms with Crippen molar-refractivity contribution < 1.29 is 4.79 Å². The summed E-state index contributed by atoms with van der Waals surface area (Å²) in [6, 6.07) is 7.39. The molecule has 5 rings (SSSR count). The molecule has 8 nitrogen and oxygen atoms in total. The van der Waals surface area contributed by atoms with E-state index in [0.717, 1.165) is 42.8 Å². The number of rotatable bonds is 6. The minimum atomic E-state index is -0.240. The molecule has 1 aliphatic carbocycles. The molecule has 4 heterocycles. The average molecular weight is 418 g/mol. The molecular weight excluding hydrogens is 390 g/mol. The van der Waals surface area contributed by atoms with E-state index in [2.05, 4.69) is 24.0 Å². The third kappa shape index (κ3) is 3.31. The van der Waals surface area contributed by atoms with Gasteiger partial charge in [0.05, 0.1) is 12.2 Å². The van der Waals surface area contributed by atoms with E-state index >= 15 is 0 Å². The van der Waals surface area contributed by atoms with Crippen molar-refractivity contribution in [1.29, 1.82) is 0 Å². The van der Waals surface area contributed by atoms with Gasteiger partial charge in [0.15, 0.2) is 5.82 Å². The number of fused-ring (bicyclic) bond motifs is 1. The lowest BCUT2D eigenvalue weighted by molar-refractivity contribution is 0.0996. The first-order valence-electron chi connectivity index (χ1n) is 10.9. The van der Waals surface area contributed by atoms with Crippen molar-refractivity contribution in [3.05, 3.63) is 53.1 Å². The van der Waals surface area contributed by atoms with Crippen molar-refractivity contribution in [3.8, 4) is 11.5 Å². The Hall–Kier alpha value is -3.13.